The van der Waals surface area contributed by atoms with E-state index in [1.165, 1.54) is 38.0 Å². The van der Waals surface area contributed by atoms with Crippen LogP contribution >= 0.6 is 0 Å². The van der Waals surface area contributed by atoms with Gasteiger partial charge in [0.25, 0.3) is 0 Å². The van der Waals surface area contributed by atoms with Gasteiger partial charge in [0.05, 0.1) is 5.69 Å². The summed E-state index contributed by atoms with van der Waals surface area (Å²) in [6.45, 7) is 0. The Balaban J connectivity index is 1.25. The average molecular weight is 502 g/mol. The van der Waals surface area contributed by atoms with E-state index in [-0.39, 0.29) is 0 Å². The highest BCUT2D eigenvalue weighted by molar-refractivity contribution is 6.67. The van der Waals surface area contributed by atoms with Crippen molar-refractivity contribution in [2.24, 2.45) is 0 Å². The molecular weight excluding hydrogens is 474 g/mol. The van der Waals surface area contributed by atoms with Crippen LogP contribution in [0.2, 0.25) is 0 Å². The monoisotopic (exact) mass is 501 g/mol. The van der Waals surface area contributed by atoms with Crippen LogP contribution in [-0.4, -0.2) is 9.52 Å². The molecule has 0 aliphatic carbocycles. The Morgan fingerprint density at radius 1 is 0.421 bits per heavy atom. The number of rotatable bonds is 7. The summed E-state index contributed by atoms with van der Waals surface area (Å²) in [5.41, 5.74) is 5.83. The summed E-state index contributed by atoms with van der Waals surface area (Å²) in [6.07, 6.45) is 4.37. The smallest absolute Gasteiger partial charge is 0.121 e. The van der Waals surface area contributed by atoms with Crippen LogP contribution in [0.5, 0.6) is 0 Å². The molecule has 2 radical (unpaired) electrons. The second kappa shape index (κ2) is 11.2. The van der Waals surface area contributed by atoms with Crippen LogP contribution in [0.25, 0.3) is 22.9 Å². The number of hydrogen-bond acceptors (Lipinski definition) is 1. The number of para-hydroxylation sites is 1. The normalized spacial score (nSPS) is 11.2. The zero-order chi connectivity index (χ0) is 25.6. The molecule has 0 aliphatic heterocycles. The molecule has 0 heterocycles. The number of anilines is 3. The Bertz CT molecular complexity index is 1650. The lowest BCUT2D eigenvalue weighted by Gasteiger charge is -2.27. The molecule has 6 rings (SSSR count). The van der Waals surface area contributed by atoms with E-state index in [0.717, 1.165) is 11.4 Å². The minimum absolute atomic E-state index is 0.685. The van der Waals surface area contributed by atoms with Crippen LogP contribution in [0.1, 0.15) is 11.1 Å². The fourth-order valence-electron chi connectivity index (χ4n) is 4.70. The fourth-order valence-corrected chi connectivity index (χ4v) is 5.73. The summed E-state index contributed by atoms with van der Waals surface area (Å²) in [5, 5.41) is 5.19. The molecule has 0 N–H and O–H groups in total. The second-order valence-electron chi connectivity index (χ2n) is 9.21. The van der Waals surface area contributed by atoms with Gasteiger partial charge in [-0.15, -0.1) is 0 Å². The fraction of sp³-hybridized carbons (Fsp3) is 0. The molecule has 0 amide bonds. The van der Waals surface area contributed by atoms with Crippen molar-refractivity contribution in [3.05, 3.63) is 163 Å². The first-order chi connectivity index (χ1) is 18.8. The SMILES string of the molecule is C(=C\c1ccc(N(c2ccccc2)c2cccc3ccccc23)cc1)/c1ccc([Si]c2ccccc2)cc1. The van der Waals surface area contributed by atoms with Gasteiger partial charge in [0.2, 0.25) is 0 Å². The van der Waals surface area contributed by atoms with Crippen molar-refractivity contribution < 1.29 is 0 Å². The number of fused-ring (bicyclic) bond motifs is 1. The molecular formula is C36H27NSi. The van der Waals surface area contributed by atoms with Crippen LogP contribution < -0.4 is 15.3 Å². The molecule has 0 spiro atoms. The summed E-state index contributed by atoms with van der Waals surface area (Å²) in [7, 11) is 0.685. The molecule has 180 valence electrons. The molecule has 0 bridgehead atoms. The molecule has 0 saturated carbocycles. The molecule has 0 aromatic heterocycles. The Morgan fingerprint density at radius 3 is 1.66 bits per heavy atom. The molecule has 6 aromatic rings. The molecule has 0 aliphatic rings. The van der Waals surface area contributed by atoms with Crippen molar-refractivity contribution in [1.82, 2.24) is 0 Å². The largest absolute Gasteiger partial charge is 0.310 e. The molecule has 0 atom stereocenters. The number of nitrogens with zero attached hydrogens (tertiary/aromatic N) is 1. The van der Waals surface area contributed by atoms with Gasteiger partial charge in [0.1, 0.15) is 9.52 Å². The zero-order valence-corrected chi connectivity index (χ0v) is 22.0. The number of hydrogen-bond donors (Lipinski definition) is 0. The summed E-state index contributed by atoms with van der Waals surface area (Å²) < 4.78 is 0. The van der Waals surface area contributed by atoms with Gasteiger partial charge >= 0.3 is 0 Å². The standard InChI is InChI=1S/C36H27NSi/c1-3-12-31(13-4-1)37(36-17-9-11-30-10-7-8-16-35(30)36)32-24-20-28(21-25-32)18-19-29-22-26-34(27-23-29)38-33-14-5-2-6-15-33/h1-27H/b19-18+. The first kappa shape index (κ1) is 23.7. The van der Waals surface area contributed by atoms with Crippen LogP contribution in [0.3, 0.4) is 0 Å². The summed E-state index contributed by atoms with van der Waals surface area (Å²) in [6, 6.07) is 54.0. The van der Waals surface area contributed by atoms with Crippen molar-refractivity contribution in [2.75, 3.05) is 4.90 Å². The highest BCUT2D eigenvalue weighted by Crippen LogP contribution is 2.38. The van der Waals surface area contributed by atoms with E-state index in [0.29, 0.717) is 9.52 Å². The van der Waals surface area contributed by atoms with Crippen LogP contribution in [0.4, 0.5) is 17.1 Å². The highest BCUT2D eigenvalue weighted by Gasteiger charge is 2.14. The quantitative estimate of drug-likeness (QED) is 0.158. The Labute approximate surface area is 227 Å². The van der Waals surface area contributed by atoms with Crippen molar-refractivity contribution in [3.63, 3.8) is 0 Å². The summed E-state index contributed by atoms with van der Waals surface area (Å²) in [4.78, 5) is 2.34. The first-order valence-corrected chi connectivity index (χ1v) is 13.9. The third-order valence-corrected chi connectivity index (χ3v) is 7.86. The van der Waals surface area contributed by atoms with E-state index in [2.05, 4.69) is 169 Å². The third kappa shape index (κ3) is 5.36. The van der Waals surface area contributed by atoms with Gasteiger partial charge in [-0.1, -0.05) is 144 Å². The number of benzene rings is 6. The first-order valence-electron chi connectivity index (χ1n) is 12.9. The van der Waals surface area contributed by atoms with E-state index in [1.54, 1.807) is 0 Å². The molecule has 1 nitrogen and oxygen atoms in total. The van der Waals surface area contributed by atoms with Gasteiger partial charge < -0.3 is 4.90 Å². The minimum Gasteiger partial charge on any atom is -0.310 e. The van der Waals surface area contributed by atoms with Crippen molar-refractivity contribution in [1.29, 1.82) is 0 Å². The lowest BCUT2D eigenvalue weighted by Crippen LogP contribution is -2.26. The maximum absolute atomic E-state index is 2.34. The van der Waals surface area contributed by atoms with Crippen LogP contribution in [0.15, 0.2) is 152 Å². The molecule has 6 aromatic carbocycles. The van der Waals surface area contributed by atoms with Gasteiger partial charge in [-0.3, -0.25) is 0 Å². The van der Waals surface area contributed by atoms with Gasteiger partial charge in [0, 0.05) is 16.8 Å². The lowest BCUT2D eigenvalue weighted by atomic mass is 10.1. The highest BCUT2D eigenvalue weighted by atomic mass is 28.2. The van der Waals surface area contributed by atoms with Crippen LogP contribution in [0, 0.1) is 0 Å². The topological polar surface area (TPSA) is 3.24 Å². The molecule has 0 fully saturated rings. The van der Waals surface area contributed by atoms with Gasteiger partial charge in [0.15, 0.2) is 0 Å². The van der Waals surface area contributed by atoms with Gasteiger partial charge in [-0.05, 0) is 46.8 Å². The van der Waals surface area contributed by atoms with Crippen molar-refractivity contribution in [3.8, 4) is 0 Å². The van der Waals surface area contributed by atoms with E-state index in [9.17, 15) is 0 Å². The van der Waals surface area contributed by atoms with E-state index >= 15 is 0 Å². The third-order valence-electron chi connectivity index (χ3n) is 6.61. The Morgan fingerprint density at radius 2 is 0.947 bits per heavy atom. The summed E-state index contributed by atoms with van der Waals surface area (Å²) in [5.74, 6) is 0. The van der Waals surface area contributed by atoms with E-state index in [4.69, 9.17) is 0 Å². The summed E-state index contributed by atoms with van der Waals surface area (Å²) >= 11 is 0. The maximum Gasteiger partial charge on any atom is 0.121 e. The lowest BCUT2D eigenvalue weighted by molar-refractivity contribution is 1.30. The average Bonchev–Trinajstić information content (AvgIpc) is 2.99. The van der Waals surface area contributed by atoms with Crippen LogP contribution in [-0.2, 0) is 0 Å². The Hall–Kier alpha value is -4.66. The van der Waals surface area contributed by atoms with E-state index < -0.39 is 0 Å². The van der Waals surface area contributed by atoms with Gasteiger partial charge in [-0.25, -0.2) is 0 Å². The predicted molar refractivity (Wildman–Crippen MR) is 165 cm³/mol. The van der Waals surface area contributed by atoms with Gasteiger partial charge in [-0.2, -0.15) is 0 Å². The van der Waals surface area contributed by atoms with E-state index in [1.807, 2.05) is 0 Å². The zero-order valence-electron chi connectivity index (χ0n) is 21.0. The molecule has 0 unspecified atom stereocenters. The minimum atomic E-state index is 0.685. The molecule has 38 heavy (non-hydrogen) atoms. The second-order valence-corrected chi connectivity index (χ2v) is 10.6. The van der Waals surface area contributed by atoms with Crippen molar-refractivity contribution >= 4 is 59.9 Å². The predicted octanol–water partition coefficient (Wildman–Crippen LogP) is 8.14. The molecule has 2 heteroatoms. The maximum atomic E-state index is 2.34. The molecule has 0 saturated heterocycles. The van der Waals surface area contributed by atoms with Crippen molar-refractivity contribution in [2.45, 2.75) is 0 Å². The Kier molecular flexibility index (Phi) is 6.97.